The third kappa shape index (κ3) is 4.28. The van der Waals surface area contributed by atoms with Crippen molar-refractivity contribution in [3.8, 4) is 0 Å². The summed E-state index contributed by atoms with van der Waals surface area (Å²) in [5.74, 6) is 0. The molecule has 1 aliphatic carbocycles. The predicted octanol–water partition coefficient (Wildman–Crippen LogP) is 4.02. The summed E-state index contributed by atoms with van der Waals surface area (Å²) in [5.41, 5.74) is 0. The minimum atomic E-state index is 0.304. The molecule has 0 fully saturated rings. The lowest BCUT2D eigenvalue weighted by molar-refractivity contribution is 0.128. The van der Waals surface area contributed by atoms with E-state index in [1.54, 1.807) is 7.11 Å². The van der Waals surface area contributed by atoms with E-state index in [0.717, 1.165) is 6.42 Å². The Hall–Kier alpha value is 0.180. The average molecular weight is 247 g/mol. The smallest absolute Gasteiger partial charge is 0.0882 e. The van der Waals surface area contributed by atoms with Crippen LogP contribution in [0, 0.1) is 0 Å². The van der Waals surface area contributed by atoms with Crippen molar-refractivity contribution >= 4 is 15.9 Å². The van der Waals surface area contributed by atoms with Crippen molar-refractivity contribution in [3.63, 3.8) is 0 Å². The quantitative estimate of drug-likeness (QED) is 0.679. The standard InChI is InChI=1S/C11H19BrO/c1-13-11-9-7-5-3-2-4-6-8-10(11)12/h8,11H,2-7,9H2,1H3/b10-8+. The maximum Gasteiger partial charge on any atom is 0.0882 e. The van der Waals surface area contributed by atoms with Crippen molar-refractivity contribution in [2.75, 3.05) is 7.11 Å². The van der Waals surface area contributed by atoms with Crippen LogP contribution in [0.3, 0.4) is 0 Å². The lowest BCUT2D eigenvalue weighted by Crippen LogP contribution is -2.10. The minimum absolute atomic E-state index is 0.304. The number of halogens is 1. The summed E-state index contributed by atoms with van der Waals surface area (Å²) in [6.07, 6.45) is 11.7. The molecule has 1 nitrogen and oxygen atoms in total. The molecule has 2 heteroatoms. The summed E-state index contributed by atoms with van der Waals surface area (Å²) < 4.78 is 6.67. The summed E-state index contributed by atoms with van der Waals surface area (Å²) in [4.78, 5) is 0. The first-order valence-electron chi connectivity index (χ1n) is 5.23. The van der Waals surface area contributed by atoms with Crippen LogP contribution < -0.4 is 0 Å². The highest BCUT2D eigenvalue weighted by atomic mass is 79.9. The van der Waals surface area contributed by atoms with Gasteiger partial charge in [0, 0.05) is 11.6 Å². The van der Waals surface area contributed by atoms with E-state index in [1.165, 1.54) is 43.0 Å². The molecule has 13 heavy (non-hydrogen) atoms. The fourth-order valence-corrected chi connectivity index (χ4v) is 2.39. The van der Waals surface area contributed by atoms with Crippen LogP contribution in [0.4, 0.5) is 0 Å². The summed E-state index contributed by atoms with van der Waals surface area (Å²) in [6.45, 7) is 0. The van der Waals surface area contributed by atoms with E-state index in [4.69, 9.17) is 4.74 Å². The Labute approximate surface area is 89.7 Å². The van der Waals surface area contributed by atoms with E-state index in [1.807, 2.05) is 0 Å². The highest BCUT2D eigenvalue weighted by Crippen LogP contribution is 2.23. The maximum absolute atomic E-state index is 5.42. The molecule has 0 aromatic heterocycles. The van der Waals surface area contributed by atoms with Crippen molar-refractivity contribution < 1.29 is 4.74 Å². The molecule has 0 saturated carbocycles. The summed E-state index contributed by atoms with van der Waals surface area (Å²) >= 11 is 3.60. The Balaban J connectivity index is 2.47. The molecule has 1 aliphatic rings. The van der Waals surface area contributed by atoms with Gasteiger partial charge in [0.15, 0.2) is 0 Å². The molecule has 0 aliphatic heterocycles. The molecule has 1 atom stereocenters. The first-order chi connectivity index (χ1) is 6.34. The van der Waals surface area contributed by atoms with Gasteiger partial charge in [0.2, 0.25) is 0 Å². The van der Waals surface area contributed by atoms with Gasteiger partial charge < -0.3 is 4.74 Å². The number of hydrogen-bond acceptors (Lipinski definition) is 1. The van der Waals surface area contributed by atoms with Crippen LogP contribution in [0.1, 0.15) is 44.9 Å². The topological polar surface area (TPSA) is 9.23 Å². The van der Waals surface area contributed by atoms with Gasteiger partial charge in [-0.2, -0.15) is 0 Å². The lowest BCUT2D eigenvalue weighted by Gasteiger charge is -2.16. The molecule has 0 amide bonds. The van der Waals surface area contributed by atoms with Crippen LogP contribution in [0.15, 0.2) is 10.6 Å². The molecular weight excluding hydrogens is 228 g/mol. The maximum atomic E-state index is 5.42. The molecule has 76 valence electrons. The van der Waals surface area contributed by atoms with Crippen molar-refractivity contribution in [2.24, 2.45) is 0 Å². The van der Waals surface area contributed by atoms with Gasteiger partial charge in [0.25, 0.3) is 0 Å². The summed E-state index contributed by atoms with van der Waals surface area (Å²) in [5, 5.41) is 0. The van der Waals surface area contributed by atoms with E-state index >= 15 is 0 Å². The Morgan fingerprint density at radius 3 is 2.69 bits per heavy atom. The van der Waals surface area contributed by atoms with E-state index < -0.39 is 0 Å². The predicted molar refractivity (Wildman–Crippen MR) is 60.1 cm³/mol. The minimum Gasteiger partial charge on any atom is -0.376 e. The zero-order chi connectivity index (χ0) is 9.52. The molecule has 0 heterocycles. The van der Waals surface area contributed by atoms with Crippen LogP contribution in [-0.2, 0) is 4.74 Å². The Kier molecular flexibility index (Phi) is 5.72. The molecule has 1 unspecified atom stereocenters. The van der Waals surface area contributed by atoms with Gasteiger partial charge in [-0.3, -0.25) is 0 Å². The zero-order valence-corrected chi connectivity index (χ0v) is 9.98. The number of hydrogen-bond donors (Lipinski definition) is 0. The fraction of sp³-hybridized carbons (Fsp3) is 0.818. The monoisotopic (exact) mass is 246 g/mol. The van der Waals surface area contributed by atoms with Gasteiger partial charge in [-0.15, -0.1) is 0 Å². The number of allylic oxidation sites excluding steroid dienone is 1. The molecule has 0 spiro atoms. The van der Waals surface area contributed by atoms with E-state index in [0.29, 0.717) is 6.10 Å². The van der Waals surface area contributed by atoms with Gasteiger partial charge >= 0.3 is 0 Å². The second kappa shape index (κ2) is 6.61. The third-order valence-corrected chi connectivity index (χ3v) is 3.44. The number of methoxy groups -OCH3 is 1. The molecule has 0 N–H and O–H groups in total. The SMILES string of the molecule is COC1CCCCCCC/C=C\1Br. The second-order valence-corrected chi connectivity index (χ2v) is 4.57. The van der Waals surface area contributed by atoms with Crippen LogP contribution in [0.2, 0.25) is 0 Å². The first-order valence-corrected chi connectivity index (χ1v) is 6.02. The van der Waals surface area contributed by atoms with Gasteiger partial charge in [0.1, 0.15) is 0 Å². The highest BCUT2D eigenvalue weighted by Gasteiger charge is 2.11. The molecule has 0 aromatic carbocycles. The summed E-state index contributed by atoms with van der Waals surface area (Å²) in [6, 6.07) is 0. The zero-order valence-electron chi connectivity index (χ0n) is 8.39. The van der Waals surface area contributed by atoms with Crippen molar-refractivity contribution in [2.45, 2.75) is 51.0 Å². The van der Waals surface area contributed by atoms with E-state index in [9.17, 15) is 0 Å². The fourth-order valence-electron chi connectivity index (χ4n) is 1.74. The molecular formula is C11H19BrO. The summed E-state index contributed by atoms with van der Waals surface area (Å²) in [7, 11) is 1.80. The Morgan fingerprint density at radius 1 is 1.23 bits per heavy atom. The average Bonchev–Trinajstić information content (AvgIpc) is 2.16. The molecule has 0 radical (unpaired) electrons. The van der Waals surface area contributed by atoms with Gasteiger partial charge in [-0.25, -0.2) is 0 Å². The van der Waals surface area contributed by atoms with Gasteiger partial charge in [0.05, 0.1) is 6.10 Å². The molecule has 0 aromatic rings. The largest absolute Gasteiger partial charge is 0.376 e. The molecule has 1 rings (SSSR count). The van der Waals surface area contributed by atoms with Crippen molar-refractivity contribution in [1.82, 2.24) is 0 Å². The highest BCUT2D eigenvalue weighted by molar-refractivity contribution is 9.11. The van der Waals surface area contributed by atoms with Crippen LogP contribution in [0.5, 0.6) is 0 Å². The third-order valence-electron chi connectivity index (χ3n) is 2.60. The Morgan fingerprint density at radius 2 is 1.92 bits per heavy atom. The van der Waals surface area contributed by atoms with Crippen LogP contribution >= 0.6 is 15.9 Å². The first kappa shape index (κ1) is 11.3. The lowest BCUT2D eigenvalue weighted by atomic mass is 10.0. The van der Waals surface area contributed by atoms with E-state index in [2.05, 4.69) is 22.0 Å². The Bertz CT molecular complexity index is 165. The van der Waals surface area contributed by atoms with E-state index in [-0.39, 0.29) is 0 Å². The van der Waals surface area contributed by atoms with Crippen molar-refractivity contribution in [1.29, 1.82) is 0 Å². The normalized spacial score (nSPS) is 30.6. The van der Waals surface area contributed by atoms with Crippen LogP contribution in [0.25, 0.3) is 0 Å². The number of rotatable bonds is 1. The van der Waals surface area contributed by atoms with Gasteiger partial charge in [-0.1, -0.05) is 47.7 Å². The molecule has 0 saturated heterocycles. The van der Waals surface area contributed by atoms with Crippen molar-refractivity contribution in [3.05, 3.63) is 10.6 Å². The van der Waals surface area contributed by atoms with Crippen LogP contribution in [-0.4, -0.2) is 13.2 Å². The molecule has 0 bridgehead atoms. The number of ether oxygens (including phenoxy) is 1. The van der Waals surface area contributed by atoms with Gasteiger partial charge in [-0.05, 0) is 19.3 Å². The second-order valence-electron chi connectivity index (χ2n) is 3.66.